The smallest absolute Gasteiger partial charge is 0.234 e. The molecule has 2 saturated heterocycles. The fraction of sp³-hybridized carbons (Fsp3) is 0.464. The summed E-state index contributed by atoms with van der Waals surface area (Å²) < 4.78 is 6.34. The lowest BCUT2D eigenvalue weighted by Gasteiger charge is -2.36. The number of fused-ring (bicyclic) bond motifs is 2. The van der Waals surface area contributed by atoms with Crippen LogP contribution in [0, 0.1) is 11.3 Å². The van der Waals surface area contributed by atoms with Gasteiger partial charge < -0.3 is 24.8 Å². The number of likely N-dealkylation sites (tertiary alicyclic amines) is 1. The van der Waals surface area contributed by atoms with E-state index < -0.39 is 0 Å². The summed E-state index contributed by atoms with van der Waals surface area (Å²) in [6, 6.07) is 13.2. The van der Waals surface area contributed by atoms with Crippen LogP contribution in [0.3, 0.4) is 0 Å². The van der Waals surface area contributed by atoms with Gasteiger partial charge in [0.2, 0.25) is 5.88 Å². The van der Waals surface area contributed by atoms with Gasteiger partial charge >= 0.3 is 0 Å². The van der Waals surface area contributed by atoms with Crippen LogP contribution in [0.5, 0.6) is 5.88 Å². The summed E-state index contributed by atoms with van der Waals surface area (Å²) in [5, 5.41) is 14.9. The van der Waals surface area contributed by atoms with Crippen molar-refractivity contribution < 1.29 is 4.74 Å². The Labute approximate surface area is 224 Å². The first-order chi connectivity index (χ1) is 17.7. The van der Waals surface area contributed by atoms with Crippen LogP contribution in [0.1, 0.15) is 29.5 Å². The Hall–Kier alpha value is -3.12. The van der Waals surface area contributed by atoms with Gasteiger partial charge in [0.1, 0.15) is 24.1 Å². The Kier molecular flexibility index (Phi) is 7.65. The van der Waals surface area contributed by atoms with Crippen molar-refractivity contribution in [1.29, 1.82) is 5.26 Å². The molecule has 0 saturated carbocycles. The Morgan fingerprint density at radius 1 is 1.08 bits per heavy atom. The predicted octanol–water partition coefficient (Wildman–Crippen LogP) is 3.37. The fourth-order valence-electron chi connectivity index (χ4n) is 5.86. The second-order valence-corrected chi connectivity index (χ2v) is 10.0. The van der Waals surface area contributed by atoms with Crippen LogP contribution in [-0.2, 0) is 13.0 Å². The first-order valence-corrected chi connectivity index (χ1v) is 13.1. The van der Waals surface area contributed by atoms with Crippen molar-refractivity contribution in [2.24, 2.45) is 0 Å². The van der Waals surface area contributed by atoms with Crippen molar-refractivity contribution in [3.63, 3.8) is 0 Å². The van der Waals surface area contributed by atoms with Crippen molar-refractivity contribution in [2.75, 3.05) is 62.7 Å². The molecule has 0 bridgehead atoms. The summed E-state index contributed by atoms with van der Waals surface area (Å²) in [7, 11) is 2.15. The van der Waals surface area contributed by atoms with Crippen molar-refractivity contribution in [3.8, 4) is 11.9 Å². The Balaban J connectivity index is 0.00000280. The quantitative estimate of drug-likeness (QED) is 0.549. The summed E-state index contributed by atoms with van der Waals surface area (Å²) in [4.78, 5) is 16.8. The lowest BCUT2D eigenvalue weighted by Crippen LogP contribution is -2.45. The number of piperazine rings is 1. The number of para-hydroxylation sites is 1. The minimum atomic E-state index is 0. The van der Waals surface area contributed by atoms with Gasteiger partial charge in [-0.25, -0.2) is 0 Å². The van der Waals surface area contributed by atoms with Gasteiger partial charge in [-0.3, -0.25) is 4.98 Å². The molecule has 6 rings (SSSR count). The Morgan fingerprint density at radius 3 is 2.70 bits per heavy atom. The highest BCUT2D eigenvalue weighted by Gasteiger charge is 2.30. The number of pyridine rings is 2. The summed E-state index contributed by atoms with van der Waals surface area (Å²) >= 11 is 0. The van der Waals surface area contributed by atoms with Gasteiger partial charge in [0, 0.05) is 68.0 Å². The van der Waals surface area contributed by atoms with Crippen molar-refractivity contribution in [1.82, 2.24) is 20.2 Å². The molecule has 3 aromatic rings. The van der Waals surface area contributed by atoms with Gasteiger partial charge in [-0.05, 0) is 45.0 Å². The van der Waals surface area contributed by atoms with Gasteiger partial charge in [0.05, 0.1) is 11.2 Å². The molecule has 37 heavy (non-hydrogen) atoms. The molecular formula is C28H34ClN7O. The predicted molar refractivity (Wildman–Crippen MR) is 149 cm³/mol. The first-order valence-electron chi connectivity index (χ1n) is 13.1. The van der Waals surface area contributed by atoms with Crippen LogP contribution in [0.4, 0.5) is 11.5 Å². The molecule has 0 amide bonds. The van der Waals surface area contributed by atoms with Crippen molar-refractivity contribution in [3.05, 3.63) is 53.2 Å². The SMILES string of the molecule is CN1CCC[C@H]1COc1nc(N2CCNCC2)c2c(c1C#N)CN(c1cccc3cccnc13)CC2.Cl. The van der Waals surface area contributed by atoms with Crippen LogP contribution in [-0.4, -0.2) is 73.8 Å². The van der Waals surface area contributed by atoms with Crippen molar-refractivity contribution in [2.45, 2.75) is 31.8 Å². The van der Waals surface area contributed by atoms with Crippen LogP contribution >= 0.6 is 12.4 Å². The topological polar surface area (TPSA) is 80.5 Å². The minimum Gasteiger partial charge on any atom is -0.475 e. The van der Waals surface area contributed by atoms with Gasteiger partial charge in [-0.2, -0.15) is 10.2 Å². The molecule has 3 aliphatic heterocycles. The Morgan fingerprint density at radius 2 is 1.92 bits per heavy atom. The molecule has 1 aromatic carbocycles. The number of nitrogens with one attached hydrogen (secondary N) is 1. The van der Waals surface area contributed by atoms with Gasteiger partial charge in [0.15, 0.2) is 0 Å². The van der Waals surface area contributed by atoms with Crippen LogP contribution < -0.4 is 19.9 Å². The molecule has 3 aliphatic rings. The molecule has 1 atom stereocenters. The molecule has 194 valence electrons. The molecule has 5 heterocycles. The number of hydrogen-bond acceptors (Lipinski definition) is 8. The van der Waals surface area contributed by atoms with E-state index >= 15 is 0 Å². The summed E-state index contributed by atoms with van der Waals surface area (Å²) in [6.45, 7) is 6.86. The third-order valence-corrected chi connectivity index (χ3v) is 7.90. The van der Waals surface area contributed by atoms with Crippen LogP contribution in [0.25, 0.3) is 10.9 Å². The number of rotatable bonds is 5. The summed E-state index contributed by atoms with van der Waals surface area (Å²) in [6.07, 6.45) is 5.00. The van der Waals surface area contributed by atoms with E-state index in [1.807, 2.05) is 12.3 Å². The number of ether oxygens (including phenoxy) is 1. The summed E-state index contributed by atoms with van der Waals surface area (Å²) in [5.41, 5.74) is 4.94. The largest absolute Gasteiger partial charge is 0.475 e. The second-order valence-electron chi connectivity index (χ2n) is 10.0. The van der Waals surface area contributed by atoms with Gasteiger partial charge in [-0.1, -0.05) is 18.2 Å². The number of halogens is 1. The molecule has 0 radical (unpaired) electrons. The molecule has 2 fully saturated rings. The molecule has 9 heteroatoms. The highest BCUT2D eigenvalue weighted by Crippen LogP contribution is 2.37. The molecule has 8 nitrogen and oxygen atoms in total. The second kappa shape index (κ2) is 11.1. The van der Waals surface area contributed by atoms with E-state index in [1.54, 1.807) is 0 Å². The number of benzene rings is 1. The Bertz CT molecular complexity index is 1300. The monoisotopic (exact) mass is 519 g/mol. The van der Waals surface area contributed by atoms with Gasteiger partial charge in [-0.15, -0.1) is 12.4 Å². The molecule has 0 spiro atoms. The maximum absolute atomic E-state index is 10.3. The summed E-state index contributed by atoms with van der Waals surface area (Å²) in [5.74, 6) is 1.49. The zero-order chi connectivity index (χ0) is 24.5. The highest BCUT2D eigenvalue weighted by atomic mass is 35.5. The van der Waals surface area contributed by atoms with E-state index in [9.17, 15) is 5.26 Å². The maximum Gasteiger partial charge on any atom is 0.234 e. The minimum absolute atomic E-state index is 0. The third-order valence-electron chi connectivity index (χ3n) is 7.90. The molecule has 0 aliphatic carbocycles. The number of nitrogens with zero attached hydrogens (tertiary/aromatic N) is 6. The lowest BCUT2D eigenvalue weighted by molar-refractivity contribution is 0.193. The first kappa shape index (κ1) is 25.5. The average Bonchev–Trinajstić information content (AvgIpc) is 3.35. The number of likely N-dealkylation sites (N-methyl/N-ethyl adjacent to an activating group) is 1. The standard InChI is InChI=1S/C28H33N7O.ClH/c1-33-13-4-7-21(33)19-36-28-23(17-29)24-18-35(25-8-2-5-20-6-3-10-31-26(20)25)14-9-22(24)27(32-28)34-15-11-30-12-16-34;/h2-3,5-6,8,10,21,30H,4,7,9,11-16,18-19H2,1H3;1H/t21-;/m0./s1. The number of anilines is 2. The van der Waals surface area contributed by atoms with Crippen LogP contribution in [0.15, 0.2) is 36.5 Å². The highest BCUT2D eigenvalue weighted by molar-refractivity contribution is 5.91. The number of nitriles is 1. The van der Waals surface area contributed by atoms with Crippen molar-refractivity contribution >= 4 is 34.8 Å². The fourth-order valence-corrected chi connectivity index (χ4v) is 5.86. The average molecular weight is 520 g/mol. The molecule has 2 aromatic heterocycles. The zero-order valence-electron chi connectivity index (χ0n) is 21.3. The van der Waals surface area contributed by atoms with E-state index in [-0.39, 0.29) is 12.4 Å². The lowest BCUT2D eigenvalue weighted by atomic mass is 9.95. The van der Waals surface area contributed by atoms with E-state index in [2.05, 4.69) is 62.4 Å². The number of aromatic nitrogens is 2. The van der Waals surface area contributed by atoms with E-state index in [4.69, 9.17) is 9.72 Å². The van der Waals surface area contributed by atoms with Gasteiger partial charge in [0.25, 0.3) is 0 Å². The zero-order valence-corrected chi connectivity index (χ0v) is 22.1. The molecule has 0 unspecified atom stereocenters. The molecule has 1 N–H and O–H groups in total. The van der Waals surface area contributed by atoms with Crippen LogP contribution in [0.2, 0.25) is 0 Å². The normalized spacial score (nSPS) is 19.8. The third kappa shape index (κ3) is 4.91. The molecular weight excluding hydrogens is 486 g/mol. The van der Waals surface area contributed by atoms with E-state index in [1.165, 1.54) is 12.0 Å². The number of hydrogen-bond donors (Lipinski definition) is 1. The maximum atomic E-state index is 10.3. The van der Waals surface area contributed by atoms with E-state index in [0.29, 0.717) is 30.6 Å². The van der Waals surface area contributed by atoms with E-state index in [0.717, 1.165) is 80.1 Å².